The molecule has 2 atom stereocenters. The summed E-state index contributed by atoms with van der Waals surface area (Å²) in [6.45, 7) is 2.20. The summed E-state index contributed by atoms with van der Waals surface area (Å²) in [6, 6.07) is 11.4. The van der Waals surface area contributed by atoms with Crippen LogP contribution in [0.15, 0.2) is 24.3 Å². The van der Waals surface area contributed by atoms with E-state index in [4.69, 9.17) is 5.26 Å². The van der Waals surface area contributed by atoms with Gasteiger partial charge >= 0.3 is 0 Å². The second-order valence-electron chi connectivity index (χ2n) is 4.70. The molecule has 2 aliphatic rings. The van der Waals surface area contributed by atoms with Gasteiger partial charge in [-0.25, -0.2) is 0 Å². The highest BCUT2D eigenvalue weighted by molar-refractivity contribution is 5.50. The summed E-state index contributed by atoms with van der Waals surface area (Å²) in [4.78, 5) is 2.43. The first kappa shape index (κ1) is 9.68. The first-order valence-corrected chi connectivity index (χ1v) is 5.86. The number of nitrogens with one attached hydrogen (secondary N) is 1. The van der Waals surface area contributed by atoms with Gasteiger partial charge in [0.1, 0.15) is 0 Å². The Labute approximate surface area is 95.7 Å². The molecule has 0 aromatic heterocycles. The molecule has 3 heteroatoms. The van der Waals surface area contributed by atoms with E-state index < -0.39 is 0 Å². The van der Waals surface area contributed by atoms with Gasteiger partial charge in [0, 0.05) is 30.9 Å². The Morgan fingerprint density at radius 2 is 1.75 bits per heavy atom. The van der Waals surface area contributed by atoms with Gasteiger partial charge in [0.05, 0.1) is 11.6 Å². The molecular formula is C13H15N3. The highest BCUT2D eigenvalue weighted by Crippen LogP contribution is 2.25. The predicted octanol–water partition coefficient (Wildman–Crippen LogP) is 1.50. The fourth-order valence-electron chi connectivity index (χ4n) is 2.75. The van der Waals surface area contributed by atoms with Crippen LogP contribution in [0.4, 0.5) is 5.69 Å². The highest BCUT2D eigenvalue weighted by atomic mass is 15.2. The molecule has 82 valence electrons. The average Bonchev–Trinajstić information content (AvgIpc) is 2.68. The Kier molecular flexibility index (Phi) is 2.30. The van der Waals surface area contributed by atoms with E-state index in [9.17, 15) is 0 Å². The maximum Gasteiger partial charge on any atom is 0.0991 e. The second kappa shape index (κ2) is 3.80. The molecule has 0 saturated carbocycles. The number of anilines is 1. The van der Waals surface area contributed by atoms with Crippen LogP contribution in [0.1, 0.15) is 18.4 Å². The molecule has 2 saturated heterocycles. The minimum absolute atomic E-state index is 0.661. The lowest BCUT2D eigenvalue weighted by Crippen LogP contribution is -2.51. The largest absolute Gasteiger partial charge is 0.368 e. The van der Waals surface area contributed by atoms with Gasteiger partial charge in [-0.3, -0.25) is 0 Å². The van der Waals surface area contributed by atoms with Gasteiger partial charge in [-0.05, 0) is 37.1 Å². The Morgan fingerprint density at radius 1 is 1.12 bits per heavy atom. The average molecular weight is 213 g/mol. The lowest BCUT2D eigenvalue weighted by Gasteiger charge is -2.34. The summed E-state index contributed by atoms with van der Waals surface area (Å²) in [6.07, 6.45) is 2.61. The van der Waals surface area contributed by atoms with Crippen molar-refractivity contribution in [1.82, 2.24) is 5.32 Å². The zero-order valence-corrected chi connectivity index (χ0v) is 9.19. The van der Waals surface area contributed by atoms with Crippen molar-refractivity contribution in [3.8, 4) is 6.07 Å². The van der Waals surface area contributed by atoms with E-state index in [1.807, 2.05) is 12.1 Å². The Hall–Kier alpha value is -1.53. The van der Waals surface area contributed by atoms with Crippen LogP contribution >= 0.6 is 0 Å². The van der Waals surface area contributed by atoms with E-state index in [1.54, 1.807) is 0 Å². The molecule has 3 nitrogen and oxygen atoms in total. The Balaban J connectivity index is 1.79. The van der Waals surface area contributed by atoms with E-state index in [-0.39, 0.29) is 0 Å². The smallest absolute Gasteiger partial charge is 0.0991 e. The lowest BCUT2D eigenvalue weighted by atomic mass is 10.1. The number of hydrogen-bond acceptors (Lipinski definition) is 3. The number of piperazine rings is 1. The molecule has 16 heavy (non-hydrogen) atoms. The number of benzene rings is 1. The molecule has 3 rings (SSSR count). The summed E-state index contributed by atoms with van der Waals surface area (Å²) >= 11 is 0. The number of nitrogens with zero attached hydrogens (tertiary/aromatic N) is 2. The monoisotopic (exact) mass is 213 g/mol. The molecule has 1 N–H and O–H groups in total. The van der Waals surface area contributed by atoms with Crippen molar-refractivity contribution < 1.29 is 0 Å². The van der Waals surface area contributed by atoms with Crippen molar-refractivity contribution >= 4 is 5.69 Å². The van der Waals surface area contributed by atoms with E-state index in [0.717, 1.165) is 18.7 Å². The molecule has 2 fully saturated rings. The molecule has 2 aliphatic heterocycles. The van der Waals surface area contributed by atoms with Crippen molar-refractivity contribution in [1.29, 1.82) is 5.26 Å². The molecule has 1 aromatic rings. The SMILES string of the molecule is N#Cc1ccc(N2C[C@H]3CC[C@@H](C2)N3)cc1. The molecule has 2 bridgehead atoms. The molecular weight excluding hydrogens is 198 g/mol. The van der Waals surface area contributed by atoms with Crippen molar-refractivity contribution in [3.05, 3.63) is 29.8 Å². The third-order valence-corrected chi connectivity index (χ3v) is 3.58. The summed E-state index contributed by atoms with van der Waals surface area (Å²) in [5.74, 6) is 0. The molecule has 0 amide bonds. The van der Waals surface area contributed by atoms with Crippen molar-refractivity contribution in [2.75, 3.05) is 18.0 Å². The standard InChI is InChI=1S/C13H15N3/c14-7-10-1-5-13(6-2-10)16-8-11-3-4-12(9-16)15-11/h1-2,5-6,11-12,15H,3-4,8-9H2/t11-,12+. The zero-order chi connectivity index (χ0) is 11.0. The van der Waals surface area contributed by atoms with Crippen molar-refractivity contribution in [3.63, 3.8) is 0 Å². The van der Waals surface area contributed by atoms with Crippen LogP contribution < -0.4 is 10.2 Å². The maximum absolute atomic E-state index is 8.76. The van der Waals surface area contributed by atoms with Gasteiger partial charge < -0.3 is 10.2 Å². The fraction of sp³-hybridized carbons (Fsp3) is 0.462. The van der Waals surface area contributed by atoms with Gasteiger partial charge in [0.15, 0.2) is 0 Å². The number of nitriles is 1. The quantitative estimate of drug-likeness (QED) is 0.768. The van der Waals surface area contributed by atoms with Crippen molar-refractivity contribution in [2.45, 2.75) is 24.9 Å². The Morgan fingerprint density at radius 3 is 2.31 bits per heavy atom. The second-order valence-corrected chi connectivity index (χ2v) is 4.70. The number of hydrogen-bond donors (Lipinski definition) is 1. The zero-order valence-electron chi connectivity index (χ0n) is 9.19. The molecule has 0 aliphatic carbocycles. The Bertz CT molecular complexity index is 406. The summed E-state index contributed by atoms with van der Waals surface area (Å²) in [7, 11) is 0. The fourth-order valence-corrected chi connectivity index (χ4v) is 2.75. The van der Waals surface area contributed by atoms with Crippen LogP contribution in [-0.4, -0.2) is 25.2 Å². The van der Waals surface area contributed by atoms with Gasteiger partial charge in [-0.1, -0.05) is 0 Å². The van der Waals surface area contributed by atoms with Crippen molar-refractivity contribution in [2.24, 2.45) is 0 Å². The lowest BCUT2D eigenvalue weighted by molar-refractivity contribution is 0.466. The summed E-state index contributed by atoms with van der Waals surface area (Å²) < 4.78 is 0. The molecule has 1 aromatic carbocycles. The van der Waals surface area contributed by atoms with Crippen LogP contribution in [0.25, 0.3) is 0 Å². The van der Waals surface area contributed by atoms with Crippen LogP contribution in [0, 0.1) is 11.3 Å². The summed E-state index contributed by atoms with van der Waals surface area (Å²) in [5, 5.41) is 12.4. The predicted molar refractivity (Wildman–Crippen MR) is 63.3 cm³/mol. The molecule has 0 spiro atoms. The van der Waals surface area contributed by atoms with Crippen LogP contribution in [0.2, 0.25) is 0 Å². The minimum atomic E-state index is 0.661. The minimum Gasteiger partial charge on any atom is -0.368 e. The van der Waals surface area contributed by atoms with E-state index in [1.165, 1.54) is 18.5 Å². The van der Waals surface area contributed by atoms with Gasteiger partial charge in [0.2, 0.25) is 0 Å². The van der Waals surface area contributed by atoms with E-state index >= 15 is 0 Å². The van der Waals surface area contributed by atoms with E-state index in [0.29, 0.717) is 12.1 Å². The van der Waals surface area contributed by atoms with Crippen LogP contribution in [0.5, 0.6) is 0 Å². The first-order chi connectivity index (χ1) is 7.85. The molecule has 0 unspecified atom stereocenters. The molecule has 2 heterocycles. The van der Waals surface area contributed by atoms with Gasteiger partial charge in [-0.15, -0.1) is 0 Å². The van der Waals surface area contributed by atoms with Gasteiger partial charge in [-0.2, -0.15) is 5.26 Å². The number of rotatable bonds is 1. The number of fused-ring (bicyclic) bond motifs is 2. The first-order valence-electron chi connectivity index (χ1n) is 5.86. The van der Waals surface area contributed by atoms with Crippen LogP contribution in [-0.2, 0) is 0 Å². The summed E-state index contributed by atoms with van der Waals surface area (Å²) in [5.41, 5.74) is 1.99. The third kappa shape index (κ3) is 1.66. The molecule has 0 radical (unpaired) electrons. The maximum atomic E-state index is 8.76. The highest BCUT2D eigenvalue weighted by Gasteiger charge is 2.31. The third-order valence-electron chi connectivity index (χ3n) is 3.58. The topological polar surface area (TPSA) is 39.1 Å². The van der Waals surface area contributed by atoms with Crippen LogP contribution in [0.3, 0.4) is 0 Å². The van der Waals surface area contributed by atoms with Gasteiger partial charge in [0.25, 0.3) is 0 Å². The normalized spacial score (nSPS) is 27.8. The van der Waals surface area contributed by atoms with E-state index in [2.05, 4.69) is 28.4 Å².